The Morgan fingerprint density at radius 2 is 1.91 bits per heavy atom. The van der Waals surface area contributed by atoms with Crippen molar-refractivity contribution in [3.8, 4) is 0 Å². The largest absolute Gasteiger partial charge is 0.351 e. The summed E-state index contributed by atoms with van der Waals surface area (Å²) < 4.78 is 24.1. The van der Waals surface area contributed by atoms with Gasteiger partial charge in [-0.2, -0.15) is 5.10 Å². The zero-order chi connectivity index (χ0) is 16.2. The monoisotopic (exact) mass is 324 g/mol. The molecule has 2 aromatic rings. The fourth-order valence-electron chi connectivity index (χ4n) is 1.92. The lowest BCUT2D eigenvalue weighted by atomic mass is 10.1. The van der Waals surface area contributed by atoms with Crippen molar-refractivity contribution in [3.05, 3.63) is 40.3 Å². The van der Waals surface area contributed by atoms with E-state index in [9.17, 15) is 18.0 Å². The molecular weight excluding hydrogens is 308 g/mol. The number of fused-ring (bicyclic) bond motifs is 1. The molecule has 0 fully saturated rings. The number of sulfonamides is 1. The Labute approximate surface area is 127 Å². The normalized spacial score (nSPS) is 11.5. The van der Waals surface area contributed by atoms with E-state index < -0.39 is 15.9 Å². The smallest absolute Gasteiger partial charge is 0.272 e. The van der Waals surface area contributed by atoms with Gasteiger partial charge in [0.15, 0.2) is 5.69 Å². The van der Waals surface area contributed by atoms with E-state index in [1.807, 2.05) is 0 Å². The Kier molecular flexibility index (Phi) is 4.88. The zero-order valence-electron chi connectivity index (χ0n) is 11.9. The quantitative estimate of drug-likeness (QED) is 0.624. The van der Waals surface area contributed by atoms with E-state index in [2.05, 4.69) is 20.2 Å². The van der Waals surface area contributed by atoms with Crippen molar-refractivity contribution in [2.45, 2.75) is 6.42 Å². The second kappa shape index (κ2) is 6.67. The first kappa shape index (κ1) is 16.1. The molecule has 0 aliphatic carbocycles. The first-order valence-electron chi connectivity index (χ1n) is 6.59. The number of hydrogen-bond acceptors (Lipinski definition) is 5. The van der Waals surface area contributed by atoms with Gasteiger partial charge in [0.25, 0.3) is 11.5 Å². The number of rotatable bonds is 6. The average molecular weight is 324 g/mol. The van der Waals surface area contributed by atoms with E-state index in [-0.39, 0.29) is 24.3 Å². The van der Waals surface area contributed by atoms with E-state index in [1.54, 1.807) is 24.3 Å². The molecular formula is C13H16N4O4S. The Morgan fingerprint density at radius 1 is 1.23 bits per heavy atom. The molecule has 0 saturated heterocycles. The molecule has 0 aliphatic heterocycles. The Hall–Kier alpha value is -2.26. The van der Waals surface area contributed by atoms with E-state index in [0.717, 1.165) is 6.26 Å². The molecule has 1 heterocycles. The Balaban J connectivity index is 2.02. The second-order valence-corrected chi connectivity index (χ2v) is 6.56. The van der Waals surface area contributed by atoms with Gasteiger partial charge in [-0.15, -0.1) is 0 Å². The highest BCUT2D eigenvalue weighted by atomic mass is 32.2. The van der Waals surface area contributed by atoms with Gasteiger partial charge in [-0.25, -0.2) is 18.2 Å². The number of benzene rings is 1. The van der Waals surface area contributed by atoms with Crippen molar-refractivity contribution < 1.29 is 13.2 Å². The topological polar surface area (TPSA) is 121 Å². The van der Waals surface area contributed by atoms with Gasteiger partial charge in [0.05, 0.1) is 11.6 Å². The number of carbonyl (C=O) groups is 1. The average Bonchev–Trinajstić information content (AvgIpc) is 2.46. The number of nitrogens with zero attached hydrogens (tertiary/aromatic N) is 1. The molecule has 0 atom stereocenters. The van der Waals surface area contributed by atoms with Gasteiger partial charge in [-0.1, -0.05) is 18.2 Å². The third-order valence-electron chi connectivity index (χ3n) is 2.91. The lowest BCUT2D eigenvalue weighted by Crippen LogP contribution is -2.30. The maximum atomic E-state index is 12.1. The van der Waals surface area contributed by atoms with E-state index in [4.69, 9.17) is 0 Å². The van der Waals surface area contributed by atoms with E-state index in [0.29, 0.717) is 17.2 Å². The molecule has 3 N–H and O–H groups in total. The van der Waals surface area contributed by atoms with Crippen LogP contribution in [0.5, 0.6) is 0 Å². The third kappa shape index (κ3) is 4.12. The number of hydrogen-bond donors (Lipinski definition) is 3. The van der Waals surface area contributed by atoms with E-state index in [1.165, 1.54) is 0 Å². The maximum absolute atomic E-state index is 12.1. The van der Waals surface area contributed by atoms with Crippen LogP contribution < -0.4 is 15.6 Å². The van der Waals surface area contributed by atoms with Gasteiger partial charge < -0.3 is 5.32 Å². The number of H-pyrrole nitrogens is 1. The summed E-state index contributed by atoms with van der Waals surface area (Å²) in [6.45, 7) is 0.523. The molecule has 2 rings (SSSR count). The van der Waals surface area contributed by atoms with Crippen LogP contribution in [0.3, 0.4) is 0 Å². The summed E-state index contributed by atoms with van der Waals surface area (Å²) in [5, 5.41) is 9.57. The summed E-state index contributed by atoms with van der Waals surface area (Å²) in [6.07, 6.45) is 1.52. The number of carbonyl (C=O) groups excluding carboxylic acids is 1. The molecule has 1 aromatic heterocycles. The lowest BCUT2D eigenvalue weighted by Gasteiger charge is -2.07. The van der Waals surface area contributed by atoms with Crippen LogP contribution in [0.15, 0.2) is 29.1 Å². The standard InChI is InChI=1S/C13H16N4O4S/c1-22(20,21)15-8-4-7-14-13(19)11-9-5-2-3-6-10(9)12(18)17-16-11/h2-3,5-6,15H,4,7-8H2,1H3,(H,14,19)(H,17,18). The Bertz CT molecular complexity index is 844. The molecule has 0 aliphatic rings. The minimum Gasteiger partial charge on any atom is -0.351 e. The molecule has 0 bridgehead atoms. The number of nitrogens with one attached hydrogen (secondary N) is 3. The molecule has 1 amide bonds. The zero-order valence-corrected chi connectivity index (χ0v) is 12.7. The van der Waals surface area contributed by atoms with Crippen LogP contribution in [0.25, 0.3) is 10.8 Å². The van der Waals surface area contributed by atoms with Crippen molar-refractivity contribution in [3.63, 3.8) is 0 Å². The first-order valence-corrected chi connectivity index (χ1v) is 8.48. The van der Waals surface area contributed by atoms with Crippen molar-refractivity contribution in [2.24, 2.45) is 0 Å². The first-order chi connectivity index (χ1) is 10.4. The minimum absolute atomic E-state index is 0.131. The van der Waals surface area contributed by atoms with Crippen molar-refractivity contribution in [1.29, 1.82) is 0 Å². The summed E-state index contributed by atoms with van der Waals surface area (Å²) >= 11 is 0. The van der Waals surface area contributed by atoms with Crippen molar-refractivity contribution in [2.75, 3.05) is 19.3 Å². The second-order valence-electron chi connectivity index (χ2n) is 4.72. The van der Waals surface area contributed by atoms with Crippen LogP contribution in [0.1, 0.15) is 16.9 Å². The molecule has 8 nitrogen and oxygen atoms in total. The predicted octanol–water partition coefficient (Wildman–Crippen LogP) is -0.408. The van der Waals surface area contributed by atoms with Gasteiger partial charge in [-0.3, -0.25) is 9.59 Å². The van der Waals surface area contributed by atoms with Crippen LogP contribution in [0, 0.1) is 0 Å². The van der Waals surface area contributed by atoms with Gasteiger partial charge in [0, 0.05) is 18.5 Å². The Morgan fingerprint density at radius 3 is 2.59 bits per heavy atom. The van der Waals surface area contributed by atoms with Crippen molar-refractivity contribution in [1.82, 2.24) is 20.2 Å². The van der Waals surface area contributed by atoms with Crippen molar-refractivity contribution >= 4 is 26.7 Å². The molecule has 9 heteroatoms. The molecule has 1 aromatic carbocycles. The predicted molar refractivity (Wildman–Crippen MR) is 82.2 cm³/mol. The van der Waals surface area contributed by atoms with E-state index >= 15 is 0 Å². The maximum Gasteiger partial charge on any atom is 0.272 e. The number of aromatic nitrogens is 2. The summed E-state index contributed by atoms with van der Waals surface area (Å²) in [7, 11) is -3.23. The lowest BCUT2D eigenvalue weighted by molar-refractivity contribution is 0.0949. The fourth-order valence-corrected chi connectivity index (χ4v) is 2.43. The molecule has 0 saturated carbocycles. The molecule has 0 unspecified atom stereocenters. The summed E-state index contributed by atoms with van der Waals surface area (Å²) in [5.41, 5.74) is -0.226. The molecule has 0 radical (unpaired) electrons. The fraction of sp³-hybridized carbons (Fsp3) is 0.308. The molecule has 0 spiro atoms. The van der Waals surface area contributed by atoms with Gasteiger partial charge in [-0.05, 0) is 12.5 Å². The highest BCUT2D eigenvalue weighted by Crippen LogP contribution is 2.11. The summed E-state index contributed by atoms with van der Waals surface area (Å²) in [4.78, 5) is 23.7. The van der Waals surface area contributed by atoms with Gasteiger partial charge in [0.2, 0.25) is 10.0 Å². The third-order valence-corrected chi connectivity index (χ3v) is 3.64. The summed E-state index contributed by atoms with van der Waals surface area (Å²) in [5.74, 6) is -0.424. The SMILES string of the molecule is CS(=O)(=O)NCCCNC(=O)c1n[nH]c(=O)c2ccccc12. The number of amides is 1. The van der Waals surface area contributed by atoms with Crippen LogP contribution in [0.4, 0.5) is 0 Å². The van der Waals surface area contributed by atoms with Crippen LogP contribution in [0.2, 0.25) is 0 Å². The highest BCUT2D eigenvalue weighted by molar-refractivity contribution is 7.88. The molecule has 118 valence electrons. The van der Waals surface area contributed by atoms with Gasteiger partial charge in [0.1, 0.15) is 0 Å². The minimum atomic E-state index is -3.23. The number of aromatic amines is 1. The molecule has 22 heavy (non-hydrogen) atoms. The van der Waals surface area contributed by atoms with Crippen LogP contribution in [-0.4, -0.2) is 43.9 Å². The van der Waals surface area contributed by atoms with Crippen LogP contribution in [-0.2, 0) is 10.0 Å². The highest BCUT2D eigenvalue weighted by Gasteiger charge is 2.13. The van der Waals surface area contributed by atoms with Crippen LogP contribution >= 0.6 is 0 Å². The summed E-state index contributed by atoms with van der Waals surface area (Å²) in [6, 6.07) is 6.69. The van der Waals surface area contributed by atoms with Gasteiger partial charge >= 0.3 is 0 Å².